The summed E-state index contributed by atoms with van der Waals surface area (Å²) in [6, 6.07) is 0. The molecule has 0 saturated carbocycles. The Bertz CT molecular complexity index is 424. The highest BCUT2D eigenvalue weighted by atomic mass is 32.2. The molecule has 1 fully saturated rings. The number of rotatable bonds is 6. The van der Waals surface area contributed by atoms with Crippen molar-refractivity contribution < 1.29 is 8.42 Å². The van der Waals surface area contributed by atoms with Crippen LogP contribution in [0.15, 0.2) is 17.1 Å². The molecule has 1 aliphatic rings. The molecule has 0 aromatic rings. The Balaban J connectivity index is 2.25. The van der Waals surface area contributed by atoms with E-state index in [0.717, 1.165) is 5.57 Å². The average Bonchev–Trinajstić information content (AvgIpc) is 2.23. The van der Waals surface area contributed by atoms with Crippen molar-refractivity contribution in [1.29, 1.82) is 0 Å². The van der Waals surface area contributed by atoms with Crippen LogP contribution in [-0.2, 0) is 10.0 Å². The van der Waals surface area contributed by atoms with Crippen molar-refractivity contribution in [2.24, 2.45) is 16.6 Å². The number of aliphatic imine (C=N–C) groups is 1. The van der Waals surface area contributed by atoms with Crippen molar-refractivity contribution in [3.05, 3.63) is 12.2 Å². The zero-order chi connectivity index (χ0) is 13.8. The molecule has 0 aromatic carbocycles. The third-order valence-electron chi connectivity index (χ3n) is 2.77. The zero-order valence-electron chi connectivity index (χ0n) is 11.0. The van der Waals surface area contributed by atoms with Gasteiger partial charge in [0.2, 0.25) is 10.0 Å². The summed E-state index contributed by atoms with van der Waals surface area (Å²) in [5, 5.41) is 3.00. The third-order valence-corrected chi connectivity index (χ3v) is 4.59. The molecule has 1 aliphatic heterocycles. The van der Waals surface area contributed by atoms with E-state index in [1.165, 1.54) is 4.31 Å². The molecule has 0 bridgehead atoms. The van der Waals surface area contributed by atoms with Crippen LogP contribution in [0.2, 0.25) is 0 Å². The van der Waals surface area contributed by atoms with E-state index in [0.29, 0.717) is 38.1 Å². The number of nitrogens with one attached hydrogen (secondary N) is 1. The van der Waals surface area contributed by atoms with Gasteiger partial charge in [-0.3, -0.25) is 0 Å². The lowest BCUT2D eigenvalue weighted by Gasteiger charge is -2.37. The van der Waals surface area contributed by atoms with Gasteiger partial charge in [0.05, 0.1) is 12.3 Å². The Labute approximate surface area is 109 Å². The lowest BCUT2D eigenvalue weighted by molar-refractivity contribution is 0.202. The number of hydrogen-bond acceptors (Lipinski definition) is 3. The van der Waals surface area contributed by atoms with Crippen molar-refractivity contribution in [3.8, 4) is 0 Å². The van der Waals surface area contributed by atoms with Crippen molar-refractivity contribution in [2.75, 3.05) is 31.9 Å². The second kappa shape index (κ2) is 6.19. The molecule has 0 aromatic heterocycles. The third kappa shape index (κ3) is 4.30. The fourth-order valence-electron chi connectivity index (χ4n) is 1.59. The van der Waals surface area contributed by atoms with Crippen molar-refractivity contribution in [1.82, 2.24) is 9.62 Å². The van der Waals surface area contributed by atoms with E-state index < -0.39 is 10.0 Å². The maximum atomic E-state index is 11.5. The van der Waals surface area contributed by atoms with Crippen LogP contribution in [0.25, 0.3) is 0 Å². The van der Waals surface area contributed by atoms with Gasteiger partial charge >= 0.3 is 0 Å². The van der Waals surface area contributed by atoms with Gasteiger partial charge in [-0.2, -0.15) is 0 Å². The normalized spacial score (nSPS) is 18.4. The standard InChI is InChI=1S/C11H22N4O2S/c1-4-18(16,17)15-7-10(8-15)6-14-11(12)13-5-9(2)3/h10H,2,4-8H2,1,3H3,(H3,12,13,14). The van der Waals surface area contributed by atoms with E-state index in [1.807, 2.05) is 6.92 Å². The first-order valence-corrected chi connectivity index (χ1v) is 7.62. The molecule has 1 heterocycles. The lowest BCUT2D eigenvalue weighted by atomic mass is 10.0. The van der Waals surface area contributed by atoms with E-state index in [1.54, 1.807) is 6.92 Å². The summed E-state index contributed by atoms with van der Waals surface area (Å²) in [6.07, 6.45) is 0. The first-order valence-electron chi connectivity index (χ1n) is 6.01. The van der Waals surface area contributed by atoms with Gasteiger partial charge < -0.3 is 11.1 Å². The highest BCUT2D eigenvalue weighted by Crippen LogP contribution is 2.18. The summed E-state index contributed by atoms with van der Waals surface area (Å²) < 4.78 is 24.5. The van der Waals surface area contributed by atoms with Crippen molar-refractivity contribution in [3.63, 3.8) is 0 Å². The highest BCUT2D eigenvalue weighted by molar-refractivity contribution is 7.89. The zero-order valence-corrected chi connectivity index (χ0v) is 11.8. The van der Waals surface area contributed by atoms with Crippen LogP contribution in [0.1, 0.15) is 13.8 Å². The fraction of sp³-hybridized carbons (Fsp3) is 0.727. The van der Waals surface area contributed by atoms with Gasteiger partial charge in [0, 0.05) is 25.6 Å². The second-order valence-electron chi connectivity index (χ2n) is 4.62. The van der Waals surface area contributed by atoms with Crippen LogP contribution in [-0.4, -0.2) is 50.6 Å². The maximum absolute atomic E-state index is 11.5. The van der Waals surface area contributed by atoms with Crippen LogP contribution < -0.4 is 11.1 Å². The van der Waals surface area contributed by atoms with Crippen LogP contribution in [0.3, 0.4) is 0 Å². The van der Waals surface area contributed by atoms with Gasteiger partial charge in [-0.05, 0) is 13.8 Å². The monoisotopic (exact) mass is 274 g/mol. The Hall–Kier alpha value is -1.08. The SMILES string of the molecule is C=C(C)CN=C(N)NCC1CN(S(=O)(=O)CC)C1. The molecule has 0 unspecified atom stereocenters. The van der Waals surface area contributed by atoms with E-state index >= 15 is 0 Å². The van der Waals surface area contributed by atoms with Crippen LogP contribution >= 0.6 is 0 Å². The fourth-order valence-corrected chi connectivity index (χ4v) is 2.83. The molecule has 0 radical (unpaired) electrons. The van der Waals surface area contributed by atoms with Crippen LogP contribution in [0.5, 0.6) is 0 Å². The molecule has 0 aliphatic carbocycles. The molecular weight excluding hydrogens is 252 g/mol. The maximum Gasteiger partial charge on any atom is 0.213 e. The molecular formula is C11H22N4O2S. The van der Waals surface area contributed by atoms with Gasteiger partial charge in [-0.15, -0.1) is 0 Å². The van der Waals surface area contributed by atoms with Gasteiger partial charge in [-0.1, -0.05) is 12.2 Å². The molecule has 0 amide bonds. The number of guanidine groups is 1. The molecule has 0 atom stereocenters. The topological polar surface area (TPSA) is 87.8 Å². The first kappa shape index (κ1) is 15.0. The average molecular weight is 274 g/mol. The molecule has 3 N–H and O–H groups in total. The second-order valence-corrected chi connectivity index (χ2v) is 6.88. The number of sulfonamides is 1. The van der Waals surface area contributed by atoms with Gasteiger partial charge in [0.1, 0.15) is 0 Å². The predicted molar refractivity (Wildman–Crippen MR) is 73.8 cm³/mol. The quantitative estimate of drug-likeness (QED) is 0.397. The highest BCUT2D eigenvalue weighted by Gasteiger charge is 2.34. The minimum Gasteiger partial charge on any atom is -0.370 e. The Morgan fingerprint density at radius 2 is 2.17 bits per heavy atom. The summed E-state index contributed by atoms with van der Waals surface area (Å²) >= 11 is 0. The van der Waals surface area contributed by atoms with E-state index in [2.05, 4.69) is 16.9 Å². The van der Waals surface area contributed by atoms with Crippen molar-refractivity contribution >= 4 is 16.0 Å². The summed E-state index contributed by atoms with van der Waals surface area (Å²) in [5.74, 6) is 0.856. The number of nitrogens with two attached hydrogens (primary N) is 1. The minimum absolute atomic E-state index is 0.162. The number of nitrogens with zero attached hydrogens (tertiary/aromatic N) is 2. The molecule has 6 nitrogen and oxygen atoms in total. The molecule has 0 spiro atoms. The van der Waals surface area contributed by atoms with Crippen LogP contribution in [0.4, 0.5) is 0 Å². The first-order chi connectivity index (χ1) is 8.35. The summed E-state index contributed by atoms with van der Waals surface area (Å²) in [4.78, 5) is 4.09. The van der Waals surface area contributed by atoms with Gasteiger partial charge in [0.15, 0.2) is 5.96 Å². The Morgan fingerprint density at radius 3 is 2.67 bits per heavy atom. The molecule has 104 valence electrons. The molecule has 1 rings (SSSR count). The Morgan fingerprint density at radius 1 is 1.56 bits per heavy atom. The number of hydrogen-bond donors (Lipinski definition) is 2. The van der Waals surface area contributed by atoms with Gasteiger partial charge in [0.25, 0.3) is 0 Å². The van der Waals surface area contributed by atoms with Crippen molar-refractivity contribution in [2.45, 2.75) is 13.8 Å². The summed E-state index contributed by atoms with van der Waals surface area (Å²) in [5.41, 5.74) is 6.61. The van der Waals surface area contributed by atoms with E-state index in [-0.39, 0.29) is 5.75 Å². The predicted octanol–water partition coefficient (Wildman–Crippen LogP) is -0.252. The summed E-state index contributed by atoms with van der Waals surface area (Å²) in [7, 11) is -3.02. The largest absolute Gasteiger partial charge is 0.370 e. The Kier molecular flexibility index (Phi) is 5.15. The van der Waals surface area contributed by atoms with Crippen LogP contribution in [0, 0.1) is 5.92 Å². The smallest absolute Gasteiger partial charge is 0.213 e. The lowest BCUT2D eigenvalue weighted by Crippen LogP contribution is -2.54. The van der Waals surface area contributed by atoms with E-state index in [4.69, 9.17) is 5.73 Å². The molecule has 1 saturated heterocycles. The minimum atomic E-state index is -3.02. The molecule has 7 heteroatoms. The van der Waals surface area contributed by atoms with Gasteiger partial charge in [-0.25, -0.2) is 17.7 Å². The molecule has 18 heavy (non-hydrogen) atoms. The van der Waals surface area contributed by atoms with E-state index in [9.17, 15) is 8.42 Å². The summed E-state index contributed by atoms with van der Waals surface area (Å²) in [6.45, 7) is 9.57.